The van der Waals surface area contributed by atoms with E-state index >= 15 is 0 Å². The molecule has 10 heteroatoms. The molecule has 0 spiro atoms. The van der Waals surface area contributed by atoms with Crippen molar-refractivity contribution in [2.45, 2.75) is 6.92 Å². The first-order valence-electron chi connectivity index (χ1n) is 8.06. The minimum Gasteiger partial charge on any atom is -0.375 e. The highest BCUT2D eigenvalue weighted by atomic mass is 16.5. The lowest BCUT2D eigenvalue weighted by atomic mass is 10.2. The van der Waals surface area contributed by atoms with Gasteiger partial charge in [-0.25, -0.2) is 9.66 Å². The van der Waals surface area contributed by atoms with Crippen molar-refractivity contribution in [2.75, 3.05) is 19.1 Å². The molecule has 27 heavy (non-hydrogen) atoms. The highest BCUT2D eigenvalue weighted by Gasteiger charge is 2.15. The van der Waals surface area contributed by atoms with E-state index in [9.17, 15) is 9.59 Å². The molecule has 0 bridgehead atoms. The Kier molecular flexibility index (Phi) is 4.09. The second-order valence-electron chi connectivity index (χ2n) is 5.84. The number of aromatic nitrogens is 6. The van der Waals surface area contributed by atoms with E-state index in [2.05, 4.69) is 25.5 Å². The lowest BCUT2D eigenvalue weighted by Gasteiger charge is -2.12. The molecule has 0 atom stereocenters. The highest BCUT2D eigenvalue weighted by molar-refractivity contribution is 5.86. The van der Waals surface area contributed by atoms with Crippen LogP contribution >= 0.6 is 0 Å². The summed E-state index contributed by atoms with van der Waals surface area (Å²) in [4.78, 5) is 37.3. The Morgan fingerprint density at radius 2 is 2.19 bits per heavy atom. The monoisotopic (exact) mass is 365 g/mol. The Labute approximate surface area is 152 Å². The van der Waals surface area contributed by atoms with E-state index in [4.69, 9.17) is 4.74 Å². The molecule has 0 saturated heterocycles. The SMILES string of the molecule is COCC(=O)Nn1c(C)cc2c(cnc3nc(-c4cccnc4)nn32)c1=O. The molecule has 0 fully saturated rings. The maximum atomic E-state index is 12.8. The molecule has 4 heterocycles. The number of amides is 1. The van der Waals surface area contributed by atoms with Crippen LogP contribution < -0.4 is 11.0 Å². The van der Waals surface area contributed by atoms with Crippen LogP contribution in [0.15, 0.2) is 41.6 Å². The number of methoxy groups -OCH3 is 1. The maximum absolute atomic E-state index is 12.8. The third-order valence-corrected chi connectivity index (χ3v) is 3.97. The zero-order valence-corrected chi connectivity index (χ0v) is 14.6. The maximum Gasteiger partial charge on any atom is 0.280 e. The minimum absolute atomic E-state index is 0.154. The molecule has 0 aliphatic rings. The third kappa shape index (κ3) is 2.91. The summed E-state index contributed by atoms with van der Waals surface area (Å²) < 4.78 is 7.45. The van der Waals surface area contributed by atoms with Crippen molar-refractivity contribution in [1.29, 1.82) is 0 Å². The number of rotatable bonds is 4. The molecular weight excluding hydrogens is 350 g/mol. The first kappa shape index (κ1) is 16.8. The fraction of sp³-hybridized carbons (Fsp3) is 0.176. The number of pyridine rings is 2. The van der Waals surface area contributed by atoms with Crippen LogP contribution in [-0.4, -0.2) is 48.9 Å². The molecule has 136 valence electrons. The van der Waals surface area contributed by atoms with Crippen LogP contribution in [-0.2, 0) is 9.53 Å². The molecule has 0 aromatic carbocycles. The summed E-state index contributed by atoms with van der Waals surface area (Å²) in [5, 5.41) is 4.76. The van der Waals surface area contributed by atoms with Gasteiger partial charge in [0.1, 0.15) is 6.61 Å². The molecule has 4 aromatic rings. The predicted octanol–water partition coefficient (Wildman–Crippen LogP) is 0.526. The van der Waals surface area contributed by atoms with E-state index in [1.807, 2.05) is 6.07 Å². The zero-order chi connectivity index (χ0) is 19.0. The molecule has 0 radical (unpaired) electrons. The minimum atomic E-state index is -0.435. The summed E-state index contributed by atoms with van der Waals surface area (Å²) in [6.45, 7) is 1.55. The number of ether oxygens (including phenoxy) is 1. The van der Waals surface area contributed by atoms with E-state index in [0.717, 1.165) is 10.2 Å². The van der Waals surface area contributed by atoms with Crippen LogP contribution in [0.5, 0.6) is 0 Å². The van der Waals surface area contributed by atoms with Crippen molar-refractivity contribution in [3.63, 3.8) is 0 Å². The smallest absolute Gasteiger partial charge is 0.280 e. The fourth-order valence-corrected chi connectivity index (χ4v) is 2.74. The summed E-state index contributed by atoms with van der Waals surface area (Å²) in [5.74, 6) is 0.385. The van der Waals surface area contributed by atoms with Gasteiger partial charge < -0.3 is 4.74 Å². The number of nitrogens with one attached hydrogen (secondary N) is 1. The number of carbonyl (C=O) groups excluding carboxylic acids is 1. The summed E-state index contributed by atoms with van der Waals surface area (Å²) >= 11 is 0. The Bertz CT molecular complexity index is 1210. The van der Waals surface area contributed by atoms with Crippen molar-refractivity contribution in [1.82, 2.24) is 29.2 Å². The molecule has 10 nitrogen and oxygen atoms in total. The number of nitrogens with zero attached hydrogens (tertiary/aromatic N) is 6. The van der Waals surface area contributed by atoms with Crippen LogP contribution in [0, 0.1) is 6.92 Å². The van der Waals surface area contributed by atoms with Gasteiger partial charge >= 0.3 is 0 Å². The van der Waals surface area contributed by atoms with Gasteiger partial charge in [-0.1, -0.05) is 0 Å². The molecular formula is C17H15N7O3. The molecule has 4 aromatic heterocycles. The van der Waals surface area contributed by atoms with Gasteiger partial charge in [0.25, 0.3) is 17.2 Å². The van der Waals surface area contributed by atoms with Gasteiger partial charge in [0.2, 0.25) is 0 Å². The fourth-order valence-electron chi connectivity index (χ4n) is 2.74. The zero-order valence-electron chi connectivity index (χ0n) is 14.6. The molecule has 1 N–H and O–H groups in total. The van der Waals surface area contributed by atoms with E-state index in [0.29, 0.717) is 28.2 Å². The Morgan fingerprint density at radius 3 is 2.93 bits per heavy atom. The molecule has 4 rings (SSSR count). The van der Waals surface area contributed by atoms with Gasteiger partial charge in [-0.15, -0.1) is 5.10 Å². The summed E-state index contributed by atoms with van der Waals surface area (Å²) in [6, 6.07) is 5.37. The van der Waals surface area contributed by atoms with E-state index in [1.165, 1.54) is 17.8 Å². The first-order valence-corrected chi connectivity index (χ1v) is 8.06. The van der Waals surface area contributed by atoms with Gasteiger partial charge in [0, 0.05) is 37.0 Å². The van der Waals surface area contributed by atoms with Crippen LogP contribution in [0.1, 0.15) is 5.69 Å². The second kappa shape index (κ2) is 6.57. The molecule has 0 unspecified atom stereocenters. The van der Waals surface area contributed by atoms with Crippen molar-refractivity contribution in [3.05, 3.63) is 52.8 Å². The number of fused-ring (bicyclic) bond motifs is 3. The average molecular weight is 365 g/mol. The van der Waals surface area contributed by atoms with E-state index in [1.54, 1.807) is 31.5 Å². The standard InChI is InChI=1S/C17H15N7O3/c1-10-6-13-12(16(26)23(10)21-14(25)9-27-2)8-19-17-20-15(22-24(13)17)11-4-3-5-18-7-11/h3-8H,9H2,1-2H3,(H,21,25). The second-order valence-corrected chi connectivity index (χ2v) is 5.84. The summed E-state index contributed by atoms with van der Waals surface area (Å²) in [6.07, 6.45) is 4.74. The van der Waals surface area contributed by atoms with Crippen LogP contribution in [0.3, 0.4) is 0 Å². The van der Waals surface area contributed by atoms with Gasteiger partial charge in [-0.3, -0.25) is 20.0 Å². The largest absolute Gasteiger partial charge is 0.375 e. The number of hydrogen-bond donors (Lipinski definition) is 1. The lowest BCUT2D eigenvalue weighted by Crippen LogP contribution is -2.36. The molecule has 0 saturated carbocycles. The number of carbonyl (C=O) groups is 1. The first-order chi connectivity index (χ1) is 13.1. The molecule has 0 aliphatic heterocycles. The normalized spacial score (nSPS) is 11.2. The lowest BCUT2D eigenvalue weighted by molar-refractivity contribution is -0.120. The van der Waals surface area contributed by atoms with Crippen molar-refractivity contribution in [3.8, 4) is 11.4 Å². The van der Waals surface area contributed by atoms with Crippen molar-refractivity contribution >= 4 is 22.6 Å². The quantitative estimate of drug-likeness (QED) is 0.560. The van der Waals surface area contributed by atoms with Crippen molar-refractivity contribution < 1.29 is 9.53 Å². The van der Waals surface area contributed by atoms with Crippen LogP contribution in [0.25, 0.3) is 28.1 Å². The van der Waals surface area contributed by atoms with Gasteiger partial charge in [0.15, 0.2) is 5.82 Å². The van der Waals surface area contributed by atoms with Crippen molar-refractivity contribution in [2.24, 2.45) is 0 Å². The number of aryl methyl sites for hydroxylation is 1. The van der Waals surface area contributed by atoms with Crippen LogP contribution in [0.2, 0.25) is 0 Å². The average Bonchev–Trinajstić information content (AvgIpc) is 3.11. The van der Waals surface area contributed by atoms with Crippen LogP contribution in [0.4, 0.5) is 0 Å². The molecule has 1 amide bonds. The Hall–Kier alpha value is -3.66. The predicted molar refractivity (Wildman–Crippen MR) is 96.8 cm³/mol. The summed E-state index contributed by atoms with van der Waals surface area (Å²) in [5.41, 5.74) is 3.91. The Morgan fingerprint density at radius 1 is 1.33 bits per heavy atom. The van der Waals surface area contributed by atoms with E-state index < -0.39 is 11.5 Å². The third-order valence-electron chi connectivity index (χ3n) is 3.97. The van der Waals surface area contributed by atoms with Gasteiger partial charge in [-0.05, 0) is 25.1 Å². The topological polar surface area (TPSA) is 116 Å². The van der Waals surface area contributed by atoms with Gasteiger partial charge in [-0.2, -0.15) is 9.50 Å². The van der Waals surface area contributed by atoms with Gasteiger partial charge in [0.05, 0.1) is 10.9 Å². The van der Waals surface area contributed by atoms with E-state index in [-0.39, 0.29) is 6.61 Å². The highest BCUT2D eigenvalue weighted by Crippen LogP contribution is 2.17. The number of hydrogen-bond acceptors (Lipinski definition) is 7. The molecule has 0 aliphatic carbocycles. The Balaban J connectivity index is 1.89. The summed E-state index contributed by atoms with van der Waals surface area (Å²) in [7, 11) is 1.40.